The highest BCUT2D eigenvalue weighted by Gasteiger charge is 2.41. The molecule has 0 aliphatic carbocycles. The summed E-state index contributed by atoms with van der Waals surface area (Å²) < 4.78 is 8.65. The van der Waals surface area contributed by atoms with Gasteiger partial charge in [-0.2, -0.15) is 0 Å². The van der Waals surface area contributed by atoms with Crippen LogP contribution in [0.25, 0.3) is 83.6 Å². The average Bonchev–Trinajstić information content (AvgIpc) is 3.92. The van der Waals surface area contributed by atoms with Crippen LogP contribution in [0.3, 0.4) is 0 Å². The van der Waals surface area contributed by atoms with Crippen molar-refractivity contribution >= 4 is 72.6 Å². The molecule has 4 aromatic heterocycles. The molecule has 7 heteroatoms. The zero-order valence-corrected chi connectivity index (χ0v) is 35.0. The first-order chi connectivity index (χ1) is 31.2. The summed E-state index contributed by atoms with van der Waals surface area (Å²) in [5, 5.41) is 9.44. The molecular weight excluding hydrogens is 787 g/mol. The minimum atomic E-state index is -2.85. The fraction of sp³-hybridized carbons (Fsp3) is 0. The van der Waals surface area contributed by atoms with E-state index in [1.807, 2.05) is 18.2 Å². The summed E-state index contributed by atoms with van der Waals surface area (Å²) in [6, 6.07) is 75.5. The normalized spacial score (nSPS) is 11.8. The van der Waals surface area contributed by atoms with Crippen LogP contribution in [0.4, 0.5) is 0 Å². The molecule has 0 N–H and O–H groups in total. The minimum Gasteiger partial charge on any atom is -0.454 e. The molecule has 0 aliphatic rings. The molecule has 12 aromatic rings. The number of fused-ring (bicyclic) bond motifs is 6. The van der Waals surface area contributed by atoms with Crippen LogP contribution in [0.2, 0.25) is 0 Å². The highest BCUT2D eigenvalue weighted by atomic mass is 28.3. The summed E-state index contributed by atoms with van der Waals surface area (Å²) in [5.74, 6) is 1.72. The number of aromatic nitrogens is 5. The highest BCUT2D eigenvalue weighted by Crippen LogP contribution is 2.37. The number of hydrogen-bond acceptors (Lipinski definition) is 5. The third-order valence-electron chi connectivity index (χ3n) is 12.3. The van der Waals surface area contributed by atoms with Gasteiger partial charge in [-0.25, -0.2) is 15.0 Å². The van der Waals surface area contributed by atoms with Crippen molar-refractivity contribution in [2.24, 2.45) is 0 Å². The predicted octanol–water partition coefficient (Wildman–Crippen LogP) is 10.6. The Morgan fingerprint density at radius 3 is 1.56 bits per heavy atom. The van der Waals surface area contributed by atoms with Crippen molar-refractivity contribution < 1.29 is 4.42 Å². The van der Waals surface area contributed by atoms with Gasteiger partial charge in [0.1, 0.15) is 5.58 Å². The van der Waals surface area contributed by atoms with Gasteiger partial charge in [0, 0.05) is 50.1 Å². The van der Waals surface area contributed by atoms with Crippen molar-refractivity contribution in [1.29, 1.82) is 0 Å². The van der Waals surface area contributed by atoms with E-state index < -0.39 is 8.07 Å². The summed E-state index contributed by atoms with van der Waals surface area (Å²) in [7, 11) is -2.85. The van der Waals surface area contributed by atoms with Crippen LogP contribution in [0.1, 0.15) is 0 Å². The van der Waals surface area contributed by atoms with Gasteiger partial charge in [-0.3, -0.25) is 4.98 Å². The lowest BCUT2D eigenvalue weighted by Crippen LogP contribution is -2.74. The molecule has 12 rings (SSSR count). The van der Waals surface area contributed by atoms with Gasteiger partial charge < -0.3 is 8.98 Å². The van der Waals surface area contributed by atoms with Crippen molar-refractivity contribution in [2.45, 2.75) is 0 Å². The maximum absolute atomic E-state index is 6.32. The highest BCUT2D eigenvalue weighted by molar-refractivity contribution is 7.19. The van der Waals surface area contributed by atoms with Crippen LogP contribution in [-0.4, -0.2) is 32.6 Å². The van der Waals surface area contributed by atoms with E-state index >= 15 is 0 Å². The van der Waals surface area contributed by atoms with Crippen LogP contribution in [0, 0.1) is 0 Å². The molecule has 0 saturated heterocycles. The van der Waals surface area contributed by atoms with Crippen molar-refractivity contribution in [3.63, 3.8) is 0 Å². The fourth-order valence-corrected chi connectivity index (χ4v) is 14.4. The number of rotatable bonds is 8. The molecule has 296 valence electrons. The molecule has 0 unspecified atom stereocenters. The molecule has 6 nitrogen and oxygen atoms in total. The first-order valence-corrected chi connectivity index (χ1v) is 23.1. The van der Waals surface area contributed by atoms with Crippen molar-refractivity contribution in [2.75, 3.05) is 0 Å². The van der Waals surface area contributed by atoms with Crippen LogP contribution in [-0.2, 0) is 0 Å². The molecule has 0 radical (unpaired) electrons. The molecule has 0 amide bonds. The zero-order valence-electron chi connectivity index (χ0n) is 34.0. The Hall–Kier alpha value is -8.26. The van der Waals surface area contributed by atoms with Gasteiger partial charge in [0.05, 0.1) is 17.2 Å². The van der Waals surface area contributed by atoms with E-state index in [1.54, 1.807) is 12.4 Å². The Labute approximate surface area is 364 Å². The Kier molecular flexibility index (Phi) is 8.72. The minimum absolute atomic E-state index is 0.561. The lowest BCUT2D eigenvalue weighted by Gasteiger charge is -2.34. The van der Waals surface area contributed by atoms with Crippen LogP contribution >= 0.6 is 0 Å². The molecule has 8 aromatic carbocycles. The SMILES string of the molecule is c1ccc([Si](c2ccccc2)(c2ccccc2)c2cccc(-c3nc(-c4cccc(-n5c6ccccc6c6ccccc65)c4)nc(-c4cccc5oc6cnccc6c45)n3)c2)cc1. The molecule has 0 fully saturated rings. The lowest BCUT2D eigenvalue weighted by atomic mass is 10.1. The summed E-state index contributed by atoms with van der Waals surface area (Å²) in [4.78, 5) is 20.4. The molecule has 0 aliphatic heterocycles. The maximum atomic E-state index is 6.32. The van der Waals surface area contributed by atoms with Crippen molar-refractivity contribution in [1.82, 2.24) is 24.5 Å². The summed E-state index contributed by atoms with van der Waals surface area (Å²) in [5.41, 5.74) is 7.41. The fourth-order valence-electron chi connectivity index (χ4n) is 9.56. The van der Waals surface area contributed by atoms with Gasteiger partial charge in [0.15, 0.2) is 31.1 Å². The van der Waals surface area contributed by atoms with Gasteiger partial charge in [-0.1, -0.05) is 176 Å². The molecule has 63 heavy (non-hydrogen) atoms. The van der Waals surface area contributed by atoms with E-state index in [0.29, 0.717) is 23.1 Å². The maximum Gasteiger partial charge on any atom is 0.179 e. The van der Waals surface area contributed by atoms with Gasteiger partial charge >= 0.3 is 0 Å². The second kappa shape index (κ2) is 15.0. The summed E-state index contributed by atoms with van der Waals surface area (Å²) in [6.45, 7) is 0. The van der Waals surface area contributed by atoms with E-state index in [-0.39, 0.29) is 0 Å². The Morgan fingerprint density at radius 2 is 0.921 bits per heavy atom. The summed E-state index contributed by atoms with van der Waals surface area (Å²) >= 11 is 0. The van der Waals surface area contributed by atoms with E-state index in [2.05, 4.69) is 204 Å². The summed E-state index contributed by atoms with van der Waals surface area (Å²) in [6.07, 6.45) is 3.56. The van der Waals surface area contributed by atoms with E-state index in [4.69, 9.17) is 19.4 Å². The van der Waals surface area contributed by atoms with Crippen molar-refractivity contribution in [3.05, 3.63) is 225 Å². The molecule has 0 saturated carbocycles. The molecular formula is C56H37N5OSi. The predicted molar refractivity (Wildman–Crippen MR) is 259 cm³/mol. The number of hydrogen-bond donors (Lipinski definition) is 0. The van der Waals surface area contributed by atoms with E-state index in [0.717, 1.165) is 49.8 Å². The number of benzene rings is 8. The van der Waals surface area contributed by atoms with E-state index in [1.165, 1.54) is 31.5 Å². The largest absolute Gasteiger partial charge is 0.454 e. The third kappa shape index (κ3) is 6.01. The number of furan rings is 1. The van der Waals surface area contributed by atoms with Crippen molar-refractivity contribution in [3.8, 4) is 39.9 Å². The quantitative estimate of drug-likeness (QED) is 0.113. The van der Waals surface area contributed by atoms with E-state index in [9.17, 15) is 0 Å². The Balaban J connectivity index is 1.10. The number of nitrogens with zero attached hydrogens (tertiary/aromatic N) is 5. The zero-order chi connectivity index (χ0) is 41.7. The second-order valence-corrected chi connectivity index (χ2v) is 19.6. The lowest BCUT2D eigenvalue weighted by molar-refractivity contribution is 0.667. The van der Waals surface area contributed by atoms with Gasteiger partial charge in [-0.05, 0) is 57.1 Å². The second-order valence-electron chi connectivity index (χ2n) is 15.8. The standard InChI is InChI=1S/C56H37N5OSi/c1-4-20-41(21-5-1)63(42-22-6-2-7-23-42,43-24-8-3-9-25-43)44-26-15-18-39(36-44)55-58-54(59-56(60-55)48-29-16-32-51-53(48)47-33-34-57-37-52(47)62-51)38-17-14-19-40(35-38)61-49-30-12-10-27-45(49)46-28-11-13-31-50(46)61/h1-37H. The topological polar surface area (TPSA) is 69.6 Å². The average molecular weight is 824 g/mol. The third-order valence-corrected chi connectivity index (χ3v) is 17.1. The van der Waals surface area contributed by atoms with Gasteiger partial charge in [0.25, 0.3) is 0 Å². The molecule has 4 heterocycles. The Morgan fingerprint density at radius 1 is 0.397 bits per heavy atom. The first kappa shape index (κ1) is 36.6. The first-order valence-electron chi connectivity index (χ1n) is 21.1. The Bertz CT molecular complexity index is 3490. The monoisotopic (exact) mass is 823 g/mol. The molecule has 0 bridgehead atoms. The van der Waals surface area contributed by atoms with Crippen LogP contribution < -0.4 is 20.7 Å². The van der Waals surface area contributed by atoms with Gasteiger partial charge in [-0.15, -0.1) is 0 Å². The number of pyridine rings is 1. The molecule has 0 atom stereocenters. The van der Waals surface area contributed by atoms with Crippen LogP contribution in [0.15, 0.2) is 229 Å². The van der Waals surface area contributed by atoms with Gasteiger partial charge in [0.2, 0.25) is 0 Å². The smallest absolute Gasteiger partial charge is 0.179 e. The molecule has 0 spiro atoms. The number of para-hydroxylation sites is 2. The van der Waals surface area contributed by atoms with Crippen LogP contribution in [0.5, 0.6) is 0 Å².